The predicted molar refractivity (Wildman–Crippen MR) is 274 cm³/mol. The summed E-state index contributed by atoms with van der Waals surface area (Å²) in [5.41, 5.74) is 19.2. The summed E-state index contributed by atoms with van der Waals surface area (Å²) in [7, 11) is 1.21. The number of ether oxygens (including phenoxy) is 1. The number of nitrogens with zero attached hydrogens (tertiary/aromatic N) is 11. The summed E-state index contributed by atoms with van der Waals surface area (Å²) in [5, 5.41) is 1.68. The summed E-state index contributed by atoms with van der Waals surface area (Å²) in [6, 6.07) is 32.5. The van der Waals surface area contributed by atoms with Crippen LogP contribution in [0.4, 0.5) is 17.3 Å². The van der Waals surface area contributed by atoms with E-state index in [1.165, 1.54) is 43.8 Å². The van der Waals surface area contributed by atoms with Gasteiger partial charge in [0.2, 0.25) is 0 Å². The van der Waals surface area contributed by atoms with Crippen molar-refractivity contribution in [2.75, 3.05) is 76.8 Å². The van der Waals surface area contributed by atoms with Gasteiger partial charge in [0.05, 0.1) is 68.8 Å². The second kappa shape index (κ2) is 20.6. The number of aryl methyl sites for hydroxylation is 1. The Kier molecular flexibility index (Phi) is 14.0. The van der Waals surface area contributed by atoms with E-state index in [1.54, 1.807) is 24.8 Å². The van der Waals surface area contributed by atoms with Gasteiger partial charge in [0.1, 0.15) is 39.7 Å². The van der Waals surface area contributed by atoms with Gasteiger partial charge in [-0.1, -0.05) is 72.8 Å². The van der Waals surface area contributed by atoms with Crippen LogP contribution in [0.25, 0.3) is 64.1 Å². The maximum Gasteiger partial charge on any atom is 0.278 e. The highest BCUT2D eigenvalue weighted by atomic mass is 32.2. The Balaban J connectivity index is 0.000000175. The maximum absolute atomic E-state index is 12.0. The van der Waals surface area contributed by atoms with E-state index < -0.39 is 10.2 Å². The molecule has 0 atom stereocenters. The molecule has 350 valence electrons. The number of fused-ring (bicyclic) bond motifs is 2. The first kappa shape index (κ1) is 46.3. The van der Waals surface area contributed by atoms with Crippen LogP contribution >= 0.6 is 22.7 Å². The van der Waals surface area contributed by atoms with Crippen LogP contribution in [0.15, 0.2) is 122 Å². The van der Waals surface area contributed by atoms with Crippen molar-refractivity contribution in [3.05, 3.63) is 122 Å². The molecule has 6 aromatic heterocycles. The second-order valence-electron chi connectivity index (χ2n) is 16.2. The molecule has 9 aromatic rings. The minimum absolute atomic E-state index is 0.227. The van der Waals surface area contributed by atoms with Gasteiger partial charge in [-0.2, -0.15) is 12.7 Å². The van der Waals surface area contributed by atoms with E-state index in [0.717, 1.165) is 120 Å². The Labute approximate surface area is 402 Å². The van der Waals surface area contributed by atoms with Crippen LogP contribution in [0.3, 0.4) is 0 Å². The largest absolute Gasteiger partial charge is 0.495 e. The highest BCUT2D eigenvalue weighted by Gasteiger charge is 2.23. The van der Waals surface area contributed by atoms with E-state index in [9.17, 15) is 8.42 Å². The standard InChI is InChI=1S/C29H31N7OS.C19H21N7O2S2/c1-37-24-11-6-5-10-23(24)35-16-14-34(15-17-35)12-7-13-36-20-33-26(21-8-3-2-4-9-21)27(36)25-18-22-28(30)31-19-32-29(22)38-25;1-25(2)30(27,28)24-8-9-26-12-23-16(13-6-4-3-5-7-13)17(26)15-10-14-18(20)21-11-22-19(14)29-15/h2-6,8-11,18-20H,7,12-17H2,1H3,(H2,30,31,32);3-7,10-12,24H,8-9H2,1-2H3,(H2,20,21,22). The predicted octanol–water partition coefficient (Wildman–Crippen LogP) is 7.22. The number of nitrogen functional groups attached to an aromatic ring is 2. The molecular formula is C48H52N14O3S3. The number of rotatable bonds is 15. The van der Waals surface area contributed by atoms with Crippen LogP contribution in [0.5, 0.6) is 5.75 Å². The minimum Gasteiger partial charge on any atom is -0.495 e. The lowest BCUT2D eigenvalue weighted by atomic mass is 10.1. The summed E-state index contributed by atoms with van der Waals surface area (Å²) in [4.78, 5) is 35.2. The van der Waals surface area contributed by atoms with Crippen molar-refractivity contribution in [3.8, 4) is 49.4 Å². The zero-order chi connectivity index (χ0) is 47.2. The van der Waals surface area contributed by atoms with Gasteiger partial charge >= 0.3 is 0 Å². The third-order valence-electron chi connectivity index (χ3n) is 11.7. The summed E-state index contributed by atoms with van der Waals surface area (Å²) in [6.45, 7) is 6.65. The molecule has 10 rings (SSSR count). The van der Waals surface area contributed by atoms with Gasteiger partial charge in [-0.15, -0.1) is 22.7 Å². The molecule has 0 bridgehead atoms. The molecule has 0 spiro atoms. The Morgan fingerprint density at radius 1 is 0.662 bits per heavy atom. The first-order valence-electron chi connectivity index (χ1n) is 22.1. The Morgan fingerprint density at radius 3 is 1.69 bits per heavy atom. The van der Waals surface area contributed by atoms with Gasteiger partial charge < -0.3 is 30.2 Å². The van der Waals surface area contributed by atoms with E-state index in [4.69, 9.17) is 21.2 Å². The van der Waals surface area contributed by atoms with Gasteiger partial charge in [0.25, 0.3) is 10.2 Å². The number of hydrogen-bond donors (Lipinski definition) is 3. The number of imidazole rings is 2. The zero-order valence-corrected chi connectivity index (χ0v) is 40.4. The number of para-hydroxylation sites is 2. The van der Waals surface area contributed by atoms with Crippen molar-refractivity contribution >= 4 is 70.6 Å². The average Bonchev–Trinajstić information content (AvgIpc) is 4.18. The van der Waals surface area contributed by atoms with Crippen molar-refractivity contribution in [2.45, 2.75) is 19.5 Å². The highest BCUT2D eigenvalue weighted by Crippen LogP contribution is 2.41. The number of benzene rings is 3. The third kappa shape index (κ3) is 10.1. The van der Waals surface area contributed by atoms with Crippen LogP contribution in [0.2, 0.25) is 0 Å². The fourth-order valence-electron chi connectivity index (χ4n) is 8.21. The van der Waals surface area contributed by atoms with Crippen LogP contribution in [-0.4, -0.2) is 117 Å². The van der Waals surface area contributed by atoms with Crippen molar-refractivity contribution in [1.29, 1.82) is 0 Å². The SMILES string of the molecule is CN(C)S(=O)(=O)NCCn1cnc(-c2ccccc2)c1-c1cc2c(N)ncnc2s1.COc1ccccc1N1CCN(CCCn2cnc(-c3ccccc3)c2-c2cc3c(N)ncnc3s2)CC1. The Morgan fingerprint density at radius 2 is 1.18 bits per heavy atom. The zero-order valence-electron chi connectivity index (χ0n) is 37.9. The highest BCUT2D eigenvalue weighted by molar-refractivity contribution is 7.87. The molecule has 7 heterocycles. The van der Waals surface area contributed by atoms with Gasteiger partial charge in [-0.3, -0.25) is 4.90 Å². The number of aromatic nitrogens is 8. The molecule has 3 aromatic carbocycles. The quantitative estimate of drug-likeness (QED) is 0.0930. The summed E-state index contributed by atoms with van der Waals surface area (Å²) < 4.78 is 37.6. The first-order valence-corrected chi connectivity index (χ1v) is 25.1. The number of hydrogen-bond acceptors (Lipinski definition) is 15. The lowest BCUT2D eigenvalue weighted by Gasteiger charge is -2.36. The molecule has 0 radical (unpaired) electrons. The van der Waals surface area contributed by atoms with Gasteiger partial charge in [-0.05, 0) is 37.2 Å². The average molecular weight is 969 g/mol. The van der Waals surface area contributed by atoms with Crippen LogP contribution in [-0.2, 0) is 23.3 Å². The smallest absolute Gasteiger partial charge is 0.278 e. The number of methoxy groups -OCH3 is 1. The molecule has 68 heavy (non-hydrogen) atoms. The van der Waals surface area contributed by atoms with Crippen LogP contribution in [0, 0.1) is 0 Å². The van der Waals surface area contributed by atoms with Gasteiger partial charge in [0.15, 0.2) is 0 Å². The number of piperazine rings is 1. The molecule has 1 aliphatic rings. The second-order valence-corrected chi connectivity index (χ2v) is 20.2. The molecular weight excluding hydrogens is 917 g/mol. The lowest BCUT2D eigenvalue weighted by Crippen LogP contribution is -2.46. The summed E-state index contributed by atoms with van der Waals surface area (Å²) >= 11 is 3.13. The fourth-order valence-corrected chi connectivity index (χ4v) is 11.0. The van der Waals surface area contributed by atoms with Crippen LogP contribution < -0.4 is 25.8 Å². The molecule has 0 amide bonds. The van der Waals surface area contributed by atoms with Crippen molar-refractivity contribution < 1.29 is 13.2 Å². The van der Waals surface area contributed by atoms with Gasteiger partial charge in [-0.25, -0.2) is 34.6 Å². The number of nitrogens with one attached hydrogen (secondary N) is 1. The Bertz CT molecular complexity index is 3240. The first-order chi connectivity index (χ1) is 33.1. The van der Waals surface area contributed by atoms with Crippen molar-refractivity contribution in [2.24, 2.45) is 0 Å². The molecule has 1 aliphatic heterocycles. The summed E-state index contributed by atoms with van der Waals surface area (Å²) in [6.07, 6.45) is 7.71. The van der Waals surface area contributed by atoms with Crippen LogP contribution in [0.1, 0.15) is 6.42 Å². The molecule has 0 saturated carbocycles. The molecule has 1 fully saturated rings. The monoisotopic (exact) mass is 968 g/mol. The minimum atomic E-state index is -3.50. The molecule has 5 N–H and O–H groups in total. The number of thiophene rings is 2. The number of nitrogens with two attached hydrogens (primary N) is 2. The normalized spacial score (nSPS) is 13.3. The molecule has 0 unspecified atom stereocenters. The maximum atomic E-state index is 12.0. The lowest BCUT2D eigenvalue weighted by molar-refractivity contribution is 0.250. The topological polar surface area (TPSA) is 204 Å². The van der Waals surface area contributed by atoms with E-state index in [2.05, 4.69) is 86.5 Å². The van der Waals surface area contributed by atoms with E-state index >= 15 is 0 Å². The van der Waals surface area contributed by atoms with E-state index in [0.29, 0.717) is 18.2 Å². The van der Waals surface area contributed by atoms with Gasteiger partial charge in [0, 0.05) is 71.0 Å². The molecule has 1 saturated heterocycles. The molecule has 20 heteroatoms. The fraction of sp³-hybridized carbons (Fsp3) is 0.250. The Hall–Kier alpha value is -6.81. The third-order valence-corrected chi connectivity index (χ3v) is 15.4. The van der Waals surface area contributed by atoms with E-state index in [-0.39, 0.29) is 6.54 Å². The summed E-state index contributed by atoms with van der Waals surface area (Å²) in [5.74, 6) is 1.88. The van der Waals surface area contributed by atoms with E-state index in [1.807, 2.05) is 65.5 Å². The molecule has 0 aliphatic carbocycles. The van der Waals surface area contributed by atoms with Crippen molar-refractivity contribution in [3.63, 3.8) is 0 Å². The number of anilines is 3. The van der Waals surface area contributed by atoms with Crippen molar-refractivity contribution in [1.82, 2.24) is 53.0 Å². The molecule has 17 nitrogen and oxygen atoms in total.